The van der Waals surface area contributed by atoms with Crippen molar-refractivity contribution in [3.05, 3.63) is 77.6 Å². The highest BCUT2D eigenvalue weighted by atomic mass is 19.2. The van der Waals surface area contributed by atoms with Crippen molar-refractivity contribution in [2.75, 3.05) is 5.32 Å². The van der Waals surface area contributed by atoms with E-state index in [-0.39, 0.29) is 12.3 Å². The van der Waals surface area contributed by atoms with Gasteiger partial charge in [-0.25, -0.2) is 18.7 Å². The topological polar surface area (TPSA) is 54.9 Å². The molecule has 3 aromatic rings. The maximum absolute atomic E-state index is 13.5. The summed E-state index contributed by atoms with van der Waals surface area (Å²) < 4.78 is 26.6. The SMILES string of the molecule is O=C(Cc1ccc(F)c(F)c1)Nc1ncc(-c2ccccc2)nc1CCC1CCCCC1. The maximum Gasteiger partial charge on any atom is 0.229 e. The molecule has 0 bridgehead atoms. The molecule has 0 spiro atoms. The number of benzene rings is 2. The number of aromatic nitrogens is 2. The lowest BCUT2D eigenvalue weighted by molar-refractivity contribution is -0.115. The van der Waals surface area contributed by atoms with E-state index in [0.29, 0.717) is 17.3 Å². The summed E-state index contributed by atoms with van der Waals surface area (Å²) in [6.45, 7) is 0. The number of rotatable bonds is 7. The van der Waals surface area contributed by atoms with Gasteiger partial charge in [0, 0.05) is 5.56 Å². The first-order chi connectivity index (χ1) is 15.6. The van der Waals surface area contributed by atoms with Gasteiger partial charge < -0.3 is 5.32 Å². The smallest absolute Gasteiger partial charge is 0.229 e. The zero-order valence-electron chi connectivity index (χ0n) is 18.0. The monoisotopic (exact) mass is 435 g/mol. The normalized spacial score (nSPS) is 14.3. The van der Waals surface area contributed by atoms with Crippen molar-refractivity contribution < 1.29 is 13.6 Å². The van der Waals surface area contributed by atoms with E-state index in [4.69, 9.17) is 4.98 Å². The molecule has 1 N–H and O–H groups in total. The van der Waals surface area contributed by atoms with Gasteiger partial charge in [-0.05, 0) is 36.5 Å². The summed E-state index contributed by atoms with van der Waals surface area (Å²) in [6, 6.07) is 13.3. The Bertz CT molecular complexity index is 1070. The van der Waals surface area contributed by atoms with E-state index in [2.05, 4.69) is 10.3 Å². The minimum atomic E-state index is -0.963. The van der Waals surface area contributed by atoms with Gasteiger partial charge in [0.1, 0.15) is 0 Å². The Kier molecular flexibility index (Phi) is 7.20. The second-order valence-electron chi connectivity index (χ2n) is 8.43. The molecule has 1 aliphatic rings. The molecular weight excluding hydrogens is 408 g/mol. The quantitative estimate of drug-likeness (QED) is 0.487. The summed E-state index contributed by atoms with van der Waals surface area (Å²) in [7, 11) is 0. The zero-order valence-corrected chi connectivity index (χ0v) is 18.0. The van der Waals surface area contributed by atoms with Crippen molar-refractivity contribution in [1.82, 2.24) is 9.97 Å². The number of amides is 1. The highest BCUT2D eigenvalue weighted by Crippen LogP contribution is 2.29. The molecular formula is C26H27F2N3O. The molecule has 1 heterocycles. The minimum absolute atomic E-state index is 0.0681. The molecule has 1 aliphatic carbocycles. The van der Waals surface area contributed by atoms with E-state index in [1.165, 1.54) is 38.2 Å². The molecule has 0 aliphatic heterocycles. The highest BCUT2D eigenvalue weighted by molar-refractivity contribution is 5.92. The Morgan fingerprint density at radius 1 is 1.00 bits per heavy atom. The molecule has 1 amide bonds. The second-order valence-corrected chi connectivity index (χ2v) is 8.43. The number of nitrogens with zero attached hydrogens (tertiary/aromatic N) is 2. The predicted molar refractivity (Wildman–Crippen MR) is 121 cm³/mol. The van der Waals surface area contributed by atoms with Crippen LogP contribution in [-0.4, -0.2) is 15.9 Å². The summed E-state index contributed by atoms with van der Waals surface area (Å²) >= 11 is 0. The van der Waals surface area contributed by atoms with Gasteiger partial charge in [-0.15, -0.1) is 0 Å². The lowest BCUT2D eigenvalue weighted by atomic mass is 9.86. The van der Waals surface area contributed by atoms with Crippen LogP contribution in [0.4, 0.5) is 14.6 Å². The molecule has 1 aromatic heterocycles. The van der Waals surface area contributed by atoms with Gasteiger partial charge in [-0.1, -0.05) is 68.5 Å². The van der Waals surface area contributed by atoms with Crippen molar-refractivity contribution in [2.45, 2.75) is 51.4 Å². The van der Waals surface area contributed by atoms with Crippen molar-refractivity contribution in [1.29, 1.82) is 0 Å². The number of nitrogens with one attached hydrogen (secondary N) is 1. The molecule has 1 fully saturated rings. The Morgan fingerprint density at radius 3 is 2.53 bits per heavy atom. The van der Waals surface area contributed by atoms with Crippen LogP contribution >= 0.6 is 0 Å². The van der Waals surface area contributed by atoms with Crippen molar-refractivity contribution in [3.8, 4) is 11.3 Å². The Labute approximate surface area is 187 Å². The van der Waals surface area contributed by atoms with Crippen LogP contribution in [0.5, 0.6) is 0 Å². The molecule has 4 nitrogen and oxygen atoms in total. The fourth-order valence-corrected chi connectivity index (χ4v) is 4.28. The molecule has 0 saturated heterocycles. The molecule has 0 radical (unpaired) electrons. The number of hydrogen-bond acceptors (Lipinski definition) is 3. The summed E-state index contributed by atoms with van der Waals surface area (Å²) in [5.74, 6) is -1.11. The average Bonchev–Trinajstić information content (AvgIpc) is 2.82. The third-order valence-electron chi connectivity index (χ3n) is 6.03. The Morgan fingerprint density at radius 2 is 1.78 bits per heavy atom. The summed E-state index contributed by atoms with van der Waals surface area (Å²) in [5, 5.41) is 2.83. The number of carbonyl (C=O) groups excluding carboxylic acids is 1. The van der Waals surface area contributed by atoms with Crippen LogP contribution in [0.15, 0.2) is 54.7 Å². The molecule has 1 saturated carbocycles. The summed E-state index contributed by atoms with van der Waals surface area (Å²) in [6.07, 6.45) is 9.68. The molecule has 0 unspecified atom stereocenters. The fourth-order valence-electron chi connectivity index (χ4n) is 4.28. The number of aryl methyl sites for hydroxylation is 1. The van der Waals surface area contributed by atoms with Crippen molar-refractivity contribution in [2.24, 2.45) is 5.92 Å². The van der Waals surface area contributed by atoms with E-state index in [9.17, 15) is 13.6 Å². The van der Waals surface area contributed by atoms with Crippen LogP contribution in [0, 0.1) is 17.6 Å². The molecule has 2 aromatic carbocycles. The molecule has 6 heteroatoms. The van der Waals surface area contributed by atoms with E-state index in [0.717, 1.165) is 41.9 Å². The van der Waals surface area contributed by atoms with Crippen LogP contribution < -0.4 is 5.32 Å². The number of hydrogen-bond donors (Lipinski definition) is 1. The Balaban J connectivity index is 1.52. The highest BCUT2D eigenvalue weighted by Gasteiger charge is 2.17. The van der Waals surface area contributed by atoms with Crippen LogP contribution in [-0.2, 0) is 17.6 Å². The first-order valence-corrected chi connectivity index (χ1v) is 11.2. The Hall–Kier alpha value is -3.15. The summed E-state index contributed by atoms with van der Waals surface area (Å²) in [4.78, 5) is 21.9. The number of anilines is 1. The van der Waals surface area contributed by atoms with Gasteiger partial charge in [0.05, 0.1) is 24.0 Å². The van der Waals surface area contributed by atoms with Gasteiger partial charge in [0.15, 0.2) is 17.5 Å². The van der Waals surface area contributed by atoms with Gasteiger partial charge >= 0.3 is 0 Å². The zero-order chi connectivity index (χ0) is 22.3. The lowest BCUT2D eigenvalue weighted by Crippen LogP contribution is -2.18. The standard InChI is InChI=1S/C26H27F2N3O/c27-21-13-11-19(15-22(21)28)16-25(32)31-26-23(14-12-18-7-3-1-4-8-18)30-24(17-29-26)20-9-5-2-6-10-20/h2,5-6,9-11,13,15,17-18H,1,3-4,7-8,12,14,16H2,(H,29,31,32). The first kappa shape index (κ1) is 22.1. The predicted octanol–water partition coefficient (Wildman–Crippen LogP) is 6.12. The van der Waals surface area contributed by atoms with Crippen molar-refractivity contribution in [3.63, 3.8) is 0 Å². The fraction of sp³-hybridized carbons (Fsp3) is 0.346. The van der Waals surface area contributed by atoms with Gasteiger partial charge in [-0.2, -0.15) is 0 Å². The number of halogens is 2. The van der Waals surface area contributed by atoms with Crippen LogP contribution in [0.25, 0.3) is 11.3 Å². The van der Waals surface area contributed by atoms with E-state index >= 15 is 0 Å². The van der Waals surface area contributed by atoms with Crippen LogP contribution in [0.2, 0.25) is 0 Å². The van der Waals surface area contributed by atoms with E-state index < -0.39 is 11.6 Å². The third kappa shape index (κ3) is 5.75. The first-order valence-electron chi connectivity index (χ1n) is 11.2. The maximum atomic E-state index is 13.5. The van der Waals surface area contributed by atoms with E-state index in [1.54, 1.807) is 6.20 Å². The molecule has 4 rings (SSSR count). The van der Waals surface area contributed by atoms with Gasteiger partial charge in [0.2, 0.25) is 5.91 Å². The average molecular weight is 436 g/mol. The number of carbonyl (C=O) groups is 1. The van der Waals surface area contributed by atoms with Gasteiger partial charge in [0.25, 0.3) is 0 Å². The molecule has 32 heavy (non-hydrogen) atoms. The van der Waals surface area contributed by atoms with Crippen molar-refractivity contribution >= 4 is 11.7 Å². The third-order valence-corrected chi connectivity index (χ3v) is 6.03. The largest absolute Gasteiger partial charge is 0.309 e. The second kappa shape index (κ2) is 10.4. The summed E-state index contributed by atoms with van der Waals surface area (Å²) in [5.41, 5.74) is 2.90. The minimum Gasteiger partial charge on any atom is -0.309 e. The van der Waals surface area contributed by atoms with E-state index in [1.807, 2.05) is 30.3 Å². The molecule has 166 valence electrons. The lowest BCUT2D eigenvalue weighted by Gasteiger charge is -2.21. The van der Waals surface area contributed by atoms with Gasteiger partial charge in [-0.3, -0.25) is 4.79 Å². The van der Waals surface area contributed by atoms with Crippen LogP contribution in [0.3, 0.4) is 0 Å². The van der Waals surface area contributed by atoms with Crippen LogP contribution in [0.1, 0.15) is 49.8 Å². The molecule has 0 atom stereocenters.